The molecule has 3 heterocycles. The Morgan fingerprint density at radius 2 is 1.96 bits per heavy atom. The van der Waals surface area contributed by atoms with E-state index in [9.17, 15) is 4.79 Å². The molecular formula is C19H24N4O. The summed E-state index contributed by atoms with van der Waals surface area (Å²) in [7, 11) is 1.95. The van der Waals surface area contributed by atoms with E-state index in [0.29, 0.717) is 6.54 Å². The van der Waals surface area contributed by atoms with Gasteiger partial charge in [0.05, 0.1) is 11.6 Å². The van der Waals surface area contributed by atoms with Crippen molar-refractivity contribution in [1.29, 1.82) is 0 Å². The molecule has 2 aliphatic rings. The number of rotatable bonds is 2. The molecule has 0 bridgehead atoms. The minimum Gasteiger partial charge on any atom is -0.352 e. The SMILES string of the molecule is Cn1cc(CN2CCC3(CC2)Cc2ccccc2CNC3=O)cn1. The number of nitrogens with zero attached hydrogens (tertiary/aromatic N) is 3. The zero-order chi connectivity index (χ0) is 16.6. The van der Waals surface area contributed by atoms with Gasteiger partial charge in [-0.15, -0.1) is 0 Å². The van der Waals surface area contributed by atoms with Crippen LogP contribution in [0.4, 0.5) is 0 Å². The molecule has 0 saturated carbocycles. The molecule has 0 radical (unpaired) electrons. The molecule has 4 rings (SSSR count). The van der Waals surface area contributed by atoms with E-state index in [0.717, 1.165) is 38.9 Å². The molecule has 0 atom stereocenters. The molecule has 0 unspecified atom stereocenters. The minimum atomic E-state index is -0.238. The van der Waals surface area contributed by atoms with Crippen LogP contribution in [-0.4, -0.2) is 33.7 Å². The fourth-order valence-corrected chi connectivity index (χ4v) is 4.06. The second-order valence-electron chi connectivity index (χ2n) is 7.21. The summed E-state index contributed by atoms with van der Waals surface area (Å²) in [5, 5.41) is 7.40. The first-order valence-electron chi connectivity index (χ1n) is 8.70. The number of likely N-dealkylation sites (tertiary alicyclic amines) is 1. The zero-order valence-corrected chi connectivity index (χ0v) is 14.2. The predicted molar refractivity (Wildman–Crippen MR) is 92.1 cm³/mol. The lowest BCUT2D eigenvalue weighted by molar-refractivity contribution is -0.133. The van der Waals surface area contributed by atoms with Crippen molar-refractivity contribution in [3.8, 4) is 0 Å². The van der Waals surface area contributed by atoms with Gasteiger partial charge in [0.15, 0.2) is 0 Å². The van der Waals surface area contributed by atoms with E-state index in [2.05, 4.69) is 45.8 Å². The van der Waals surface area contributed by atoms with Gasteiger partial charge in [-0.25, -0.2) is 0 Å². The van der Waals surface area contributed by atoms with Crippen molar-refractivity contribution in [2.24, 2.45) is 12.5 Å². The first-order chi connectivity index (χ1) is 11.6. The smallest absolute Gasteiger partial charge is 0.226 e. The lowest BCUT2D eigenvalue weighted by Gasteiger charge is -2.40. The number of aryl methyl sites for hydroxylation is 1. The van der Waals surface area contributed by atoms with Gasteiger partial charge in [0.25, 0.3) is 0 Å². The van der Waals surface area contributed by atoms with Crippen molar-refractivity contribution in [3.63, 3.8) is 0 Å². The molecule has 1 amide bonds. The number of amides is 1. The topological polar surface area (TPSA) is 50.2 Å². The van der Waals surface area contributed by atoms with Crippen LogP contribution in [-0.2, 0) is 31.4 Å². The predicted octanol–water partition coefficient (Wildman–Crippen LogP) is 1.87. The highest BCUT2D eigenvalue weighted by Crippen LogP contribution is 2.38. The van der Waals surface area contributed by atoms with Gasteiger partial charge in [-0.3, -0.25) is 14.4 Å². The fraction of sp³-hybridized carbons (Fsp3) is 0.474. The van der Waals surface area contributed by atoms with Crippen LogP contribution in [0.15, 0.2) is 36.7 Å². The summed E-state index contributed by atoms with van der Waals surface area (Å²) in [4.78, 5) is 15.2. The Balaban J connectivity index is 1.47. The lowest BCUT2D eigenvalue weighted by atomic mass is 9.73. The number of hydrogen-bond donors (Lipinski definition) is 1. The van der Waals surface area contributed by atoms with E-state index in [1.165, 1.54) is 16.7 Å². The van der Waals surface area contributed by atoms with Crippen molar-refractivity contribution < 1.29 is 4.79 Å². The lowest BCUT2D eigenvalue weighted by Crippen LogP contribution is -2.48. The van der Waals surface area contributed by atoms with Crippen molar-refractivity contribution >= 4 is 5.91 Å². The molecule has 126 valence electrons. The molecule has 2 aliphatic heterocycles. The normalized spacial score (nSPS) is 20.5. The molecule has 5 nitrogen and oxygen atoms in total. The number of aromatic nitrogens is 2. The third kappa shape index (κ3) is 2.84. The largest absolute Gasteiger partial charge is 0.352 e. The number of piperidine rings is 1. The number of hydrogen-bond acceptors (Lipinski definition) is 3. The highest BCUT2D eigenvalue weighted by molar-refractivity contribution is 5.83. The molecule has 1 N–H and O–H groups in total. The first kappa shape index (κ1) is 15.4. The quantitative estimate of drug-likeness (QED) is 0.917. The van der Waals surface area contributed by atoms with Crippen LogP contribution in [0.25, 0.3) is 0 Å². The average Bonchev–Trinajstić information content (AvgIpc) is 2.94. The summed E-state index contributed by atoms with van der Waals surface area (Å²) < 4.78 is 1.84. The van der Waals surface area contributed by atoms with E-state index in [-0.39, 0.29) is 11.3 Å². The van der Waals surface area contributed by atoms with Crippen LogP contribution in [0, 0.1) is 5.41 Å². The summed E-state index contributed by atoms with van der Waals surface area (Å²) in [5.41, 5.74) is 3.60. The number of nitrogens with one attached hydrogen (secondary N) is 1. The molecule has 0 aliphatic carbocycles. The van der Waals surface area contributed by atoms with Gasteiger partial charge in [0.1, 0.15) is 0 Å². The molecule has 1 aromatic heterocycles. The van der Waals surface area contributed by atoms with Crippen molar-refractivity contribution in [1.82, 2.24) is 20.0 Å². The van der Waals surface area contributed by atoms with E-state index < -0.39 is 0 Å². The second-order valence-corrected chi connectivity index (χ2v) is 7.21. The standard InChI is InChI=1S/C19H24N4O/c1-22-13-15(11-21-22)14-23-8-6-19(7-9-23)10-16-4-2-3-5-17(16)12-20-18(19)24/h2-5,11,13H,6-10,12,14H2,1H3,(H,20,24). The van der Waals surface area contributed by atoms with Crippen LogP contribution in [0.1, 0.15) is 29.5 Å². The van der Waals surface area contributed by atoms with Crippen molar-refractivity contribution in [3.05, 3.63) is 53.3 Å². The van der Waals surface area contributed by atoms with Crippen molar-refractivity contribution in [2.75, 3.05) is 13.1 Å². The maximum Gasteiger partial charge on any atom is 0.226 e. The van der Waals surface area contributed by atoms with Gasteiger partial charge in [0, 0.05) is 31.9 Å². The number of fused-ring (bicyclic) bond motifs is 1. The van der Waals surface area contributed by atoms with Crippen LogP contribution in [0.2, 0.25) is 0 Å². The molecular weight excluding hydrogens is 300 g/mol. The van der Waals surface area contributed by atoms with Crippen LogP contribution in [0.3, 0.4) is 0 Å². The second kappa shape index (κ2) is 6.06. The van der Waals surface area contributed by atoms with Gasteiger partial charge in [0.2, 0.25) is 5.91 Å². The van der Waals surface area contributed by atoms with Gasteiger partial charge in [-0.05, 0) is 43.5 Å². The van der Waals surface area contributed by atoms with Gasteiger partial charge in [-0.1, -0.05) is 24.3 Å². The summed E-state index contributed by atoms with van der Waals surface area (Å²) in [6.45, 7) is 3.51. The average molecular weight is 324 g/mol. The maximum atomic E-state index is 12.8. The van der Waals surface area contributed by atoms with Gasteiger partial charge in [-0.2, -0.15) is 5.10 Å². The Hall–Kier alpha value is -2.14. The highest BCUT2D eigenvalue weighted by Gasteiger charge is 2.42. The number of benzene rings is 1. The highest BCUT2D eigenvalue weighted by atomic mass is 16.2. The molecule has 1 aromatic carbocycles. The monoisotopic (exact) mass is 324 g/mol. The Morgan fingerprint density at radius 1 is 1.21 bits per heavy atom. The number of carbonyl (C=O) groups excluding carboxylic acids is 1. The van der Waals surface area contributed by atoms with Crippen LogP contribution >= 0.6 is 0 Å². The number of carbonyl (C=O) groups is 1. The Morgan fingerprint density at radius 3 is 2.67 bits per heavy atom. The Kier molecular flexibility index (Phi) is 3.88. The minimum absolute atomic E-state index is 0.236. The van der Waals surface area contributed by atoms with Gasteiger partial charge >= 0.3 is 0 Å². The van der Waals surface area contributed by atoms with E-state index in [1.54, 1.807) is 0 Å². The third-order valence-corrected chi connectivity index (χ3v) is 5.55. The molecule has 24 heavy (non-hydrogen) atoms. The van der Waals surface area contributed by atoms with E-state index in [1.807, 2.05) is 17.9 Å². The fourth-order valence-electron chi connectivity index (χ4n) is 4.06. The van der Waals surface area contributed by atoms with Crippen LogP contribution in [0.5, 0.6) is 0 Å². The van der Waals surface area contributed by atoms with Gasteiger partial charge < -0.3 is 5.32 Å². The maximum absolute atomic E-state index is 12.8. The first-order valence-corrected chi connectivity index (χ1v) is 8.70. The van der Waals surface area contributed by atoms with Crippen LogP contribution < -0.4 is 5.32 Å². The third-order valence-electron chi connectivity index (χ3n) is 5.55. The molecule has 5 heteroatoms. The summed E-state index contributed by atoms with van der Waals surface area (Å²) in [6.07, 6.45) is 6.72. The summed E-state index contributed by atoms with van der Waals surface area (Å²) >= 11 is 0. The van der Waals surface area contributed by atoms with E-state index in [4.69, 9.17) is 0 Å². The van der Waals surface area contributed by atoms with E-state index >= 15 is 0 Å². The Bertz CT molecular complexity index is 743. The Labute approximate surface area is 142 Å². The summed E-state index contributed by atoms with van der Waals surface area (Å²) in [5.74, 6) is 0.236. The molecule has 1 spiro atoms. The summed E-state index contributed by atoms with van der Waals surface area (Å²) in [6, 6.07) is 8.45. The molecule has 2 aromatic rings. The molecule has 1 saturated heterocycles. The van der Waals surface area contributed by atoms with Crippen molar-refractivity contribution in [2.45, 2.75) is 32.4 Å². The zero-order valence-electron chi connectivity index (χ0n) is 14.2. The molecule has 1 fully saturated rings.